The fraction of sp³-hybridized carbons (Fsp3) is 0.909. The molecule has 1 fully saturated rings. The van der Waals surface area contributed by atoms with Crippen LogP contribution in [0.2, 0.25) is 0 Å². The Hall–Kier alpha value is -0.570. The molecule has 3 nitrogen and oxygen atoms in total. The average molecular weight is 199 g/mol. The third-order valence-electron chi connectivity index (χ3n) is 3.30. The minimum atomic E-state index is -0.131. The molecule has 4 unspecified atom stereocenters. The Balaban J connectivity index is 2.19. The van der Waals surface area contributed by atoms with Crippen LogP contribution < -0.4 is 5.32 Å². The van der Waals surface area contributed by atoms with Crippen molar-refractivity contribution in [2.45, 2.75) is 33.2 Å². The van der Waals surface area contributed by atoms with Crippen LogP contribution in [0, 0.1) is 17.8 Å². The van der Waals surface area contributed by atoms with Crippen molar-refractivity contribution in [2.24, 2.45) is 17.8 Å². The topological polar surface area (TPSA) is 38.3 Å². The van der Waals surface area contributed by atoms with Crippen LogP contribution >= 0.6 is 0 Å². The lowest BCUT2D eigenvalue weighted by Gasteiger charge is -2.19. The van der Waals surface area contributed by atoms with Gasteiger partial charge in [0.1, 0.15) is 0 Å². The number of hydrogen-bond donors (Lipinski definition) is 1. The van der Waals surface area contributed by atoms with Gasteiger partial charge in [-0.25, -0.2) is 0 Å². The summed E-state index contributed by atoms with van der Waals surface area (Å²) in [6.07, 6.45) is 1.33. The van der Waals surface area contributed by atoms with Crippen molar-refractivity contribution in [3.63, 3.8) is 0 Å². The third-order valence-corrected chi connectivity index (χ3v) is 3.30. The number of carbonyl (C=O) groups excluding carboxylic acids is 1. The monoisotopic (exact) mass is 199 g/mol. The van der Waals surface area contributed by atoms with Gasteiger partial charge in [0, 0.05) is 6.04 Å². The number of carbonyl (C=O) groups is 1. The lowest BCUT2D eigenvalue weighted by atomic mass is 10.0. The van der Waals surface area contributed by atoms with Crippen LogP contribution in [0.1, 0.15) is 27.2 Å². The molecule has 1 saturated carbocycles. The Morgan fingerprint density at radius 1 is 1.57 bits per heavy atom. The highest BCUT2D eigenvalue weighted by molar-refractivity contribution is 5.72. The zero-order valence-electron chi connectivity index (χ0n) is 9.54. The van der Waals surface area contributed by atoms with E-state index in [1.165, 1.54) is 13.5 Å². The van der Waals surface area contributed by atoms with E-state index in [0.717, 1.165) is 18.4 Å². The summed E-state index contributed by atoms with van der Waals surface area (Å²) in [5, 5.41) is 3.39. The molecule has 1 rings (SSSR count). The molecule has 0 aliphatic heterocycles. The summed E-state index contributed by atoms with van der Waals surface area (Å²) in [6, 6.07) is 0.204. The summed E-state index contributed by atoms with van der Waals surface area (Å²) in [5.74, 6) is 1.49. The normalized spacial score (nSPS) is 29.4. The molecule has 0 radical (unpaired) electrons. The van der Waals surface area contributed by atoms with Crippen LogP contribution in [0.15, 0.2) is 0 Å². The van der Waals surface area contributed by atoms with Crippen LogP contribution in [0.4, 0.5) is 0 Å². The largest absolute Gasteiger partial charge is 0.469 e. The van der Waals surface area contributed by atoms with Crippen molar-refractivity contribution in [3.8, 4) is 0 Å². The predicted molar refractivity (Wildman–Crippen MR) is 55.9 cm³/mol. The number of ether oxygens (including phenoxy) is 1. The Morgan fingerprint density at radius 3 is 2.57 bits per heavy atom. The molecule has 0 bridgehead atoms. The van der Waals surface area contributed by atoms with Crippen LogP contribution in [0.25, 0.3) is 0 Å². The highest BCUT2D eigenvalue weighted by Crippen LogP contribution is 2.36. The summed E-state index contributed by atoms with van der Waals surface area (Å²) in [4.78, 5) is 11.2. The van der Waals surface area contributed by atoms with Gasteiger partial charge in [0.15, 0.2) is 0 Å². The van der Waals surface area contributed by atoms with Crippen molar-refractivity contribution < 1.29 is 9.53 Å². The zero-order chi connectivity index (χ0) is 10.7. The molecule has 0 aromatic rings. The molecule has 0 heterocycles. The summed E-state index contributed by atoms with van der Waals surface area (Å²) < 4.78 is 4.70. The second kappa shape index (κ2) is 4.78. The molecule has 0 amide bonds. The minimum Gasteiger partial charge on any atom is -0.469 e. The van der Waals surface area contributed by atoms with E-state index in [1.54, 1.807) is 0 Å². The number of esters is 1. The van der Waals surface area contributed by atoms with Gasteiger partial charge in [-0.2, -0.15) is 0 Å². The molecule has 0 spiro atoms. The van der Waals surface area contributed by atoms with E-state index in [2.05, 4.69) is 12.2 Å². The number of rotatable bonds is 5. The average Bonchev–Trinajstić information content (AvgIpc) is 2.88. The molecular formula is C11H21NO2. The molecule has 82 valence electrons. The molecule has 0 aromatic carbocycles. The first-order chi connectivity index (χ1) is 6.56. The van der Waals surface area contributed by atoms with Gasteiger partial charge < -0.3 is 10.1 Å². The molecule has 1 aliphatic rings. The van der Waals surface area contributed by atoms with Gasteiger partial charge in [-0.05, 0) is 31.7 Å². The van der Waals surface area contributed by atoms with Crippen molar-refractivity contribution in [1.82, 2.24) is 5.32 Å². The van der Waals surface area contributed by atoms with Crippen LogP contribution in [0.3, 0.4) is 0 Å². The first-order valence-electron chi connectivity index (χ1n) is 5.37. The quantitative estimate of drug-likeness (QED) is 0.681. The van der Waals surface area contributed by atoms with Crippen LogP contribution in [-0.4, -0.2) is 25.7 Å². The van der Waals surface area contributed by atoms with Gasteiger partial charge in [0.2, 0.25) is 0 Å². The lowest BCUT2D eigenvalue weighted by Crippen LogP contribution is -2.37. The molecule has 0 saturated heterocycles. The summed E-state index contributed by atoms with van der Waals surface area (Å²) in [6.45, 7) is 7.23. The Labute approximate surface area is 86.2 Å². The lowest BCUT2D eigenvalue weighted by molar-refractivity contribution is -0.145. The van der Waals surface area contributed by atoms with E-state index in [-0.39, 0.29) is 17.9 Å². The molecule has 1 N–H and O–H groups in total. The van der Waals surface area contributed by atoms with Gasteiger partial charge in [0.05, 0.1) is 13.0 Å². The van der Waals surface area contributed by atoms with E-state index in [1.807, 2.05) is 13.8 Å². The number of nitrogens with one attached hydrogen (secondary N) is 1. The fourth-order valence-electron chi connectivity index (χ4n) is 1.59. The zero-order valence-corrected chi connectivity index (χ0v) is 9.54. The number of hydrogen-bond acceptors (Lipinski definition) is 3. The predicted octanol–water partition coefficient (Wildman–Crippen LogP) is 1.43. The van der Waals surface area contributed by atoms with E-state index in [4.69, 9.17) is 4.74 Å². The fourth-order valence-corrected chi connectivity index (χ4v) is 1.59. The highest BCUT2D eigenvalue weighted by atomic mass is 16.5. The van der Waals surface area contributed by atoms with Gasteiger partial charge in [-0.3, -0.25) is 4.79 Å². The molecule has 14 heavy (non-hydrogen) atoms. The maximum Gasteiger partial charge on any atom is 0.309 e. The van der Waals surface area contributed by atoms with E-state index in [9.17, 15) is 4.79 Å². The first kappa shape index (κ1) is 11.5. The third kappa shape index (κ3) is 2.98. The second-order valence-corrected chi connectivity index (χ2v) is 4.48. The van der Waals surface area contributed by atoms with Crippen LogP contribution in [0.5, 0.6) is 0 Å². The Kier molecular flexibility index (Phi) is 3.93. The van der Waals surface area contributed by atoms with E-state index >= 15 is 0 Å². The van der Waals surface area contributed by atoms with Gasteiger partial charge >= 0.3 is 5.97 Å². The molecule has 1 aliphatic carbocycles. The maximum absolute atomic E-state index is 11.2. The van der Waals surface area contributed by atoms with Crippen molar-refractivity contribution in [2.75, 3.05) is 13.7 Å². The molecular weight excluding hydrogens is 178 g/mol. The second-order valence-electron chi connectivity index (χ2n) is 4.48. The summed E-state index contributed by atoms with van der Waals surface area (Å²) >= 11 is 0. The molecule has 3 heteroatoms. The van der Waals surface area contributed by atoms with Crippen molar-refractivity contribution >= 4 is 5.97 Å². The van der Waals surface area contributed by atoms with Crippen molar-refractivity contribution in [3.05, 3.63) is 0 Å². The smallest absolute Gasteiger partial charge is 0.309 e. The highest BCUT2D eigenvalue weighted by Gasteiger charge is 2.33. The minimum absolute atomic E-state index is 0.0611. The van der Waals surface area contributed by atoms with E-state index < -0.39 is 0 Å². The number of methoxy groups -OCH3 is 1. The van der Waals surface area contributed by atoms with Gasteiger partial charge in [-0.15, -0.1) is 0 Å². The van der Waals surface area contributed by atoms with Crippen molar-refractivity contribution in [1.29, 1.82) is 0 Å². The maximum atomic E-state index is 11.2. The molecule has 4 atom stereocenters. The first-order valence-corrected chi connectivity index (χ1v) is 5.37. The van der Waals surface area contributed by atoms with Crippen LogP contribution in [-0.2, 0) is 9.53 Å². The standard InChI is InChI=1S/C11H21NO2/c1-7-5-10(7)6-12-9(3)8(2)11(13)14-4/h7-10,12H,5-6H2,1-4H3. The SMILES string of the molecule is COC(=O)C(C)C(C)NCC1CC1C. The Morgan fingerprint density at radius 2 is 2.14 bits per heavy atom. The molecule has 0 aromatic heterocycles. The Bertz CT molecular complexity index is 205. The summed E-state index contributed by atoms with van der Waals surface area (Å²) in [7, 11) is 1.44. The summed E-state index contributed by atoms with van der Waals surface area (Å²) in [5.41, 5.74) is 0. The van der Waals surface area contributed by atoms with Gasteiger partial charge in [0.25, 0.3) is 0 Å². The van der Waals surface area contributed by atoms with E-state index in [0.29, 0.717) is 0 Å². The van der Waals surface area contributed by atoms with Gasteiger partial charge in [-0.1, -0.05) is 13.8 Å².